The van der Waals surface area contributed by atoms with Crippen LogP contribution in [0, 0.1) is 13.8 Å². The molecule has 0 fully saturated rings. The molecule has 0 aliphatic rings. The Bertz CT molecular complexity index is 496. The topological polar surface area (TPSA) is 61.2 Å². The van der Waals surface area contributed by atoms with E-state index in [1.54, 1.807) is 25.6 Å². The summed E-state index contributed by atoms with van der Waals surface area (Å²) in [6.45, 7) is 5.91. The molecule has 0 aliphatic heterocycles. The average Bonchev–Trinajstić information content (AvgIpc) is 2.49. The van der Waals surface area contributed by atoms with Crippen LogP contribution in [0.5, 0.6) is 0 Å². The zero-order chi connectivity index (χ0) is 13.2. The number of aryl methyl sites for hydroxylation is 1. The number of rotatable bonds is 5. The molecule has 0 saturated heterocycles. The van der Waals surface area contributed by atoms with Gasteiger partial charge in [-0.2, -0.15) is 5.10 Å². The van der Waals surface area contributed by atoms with Crippen molar-refractivity contribution < 1.29 is 13.2 Å². The van der Waals surface area contributed by atoms with E-state index < -0.39 is 9.05 Å². The maximum Gasteiger partial charge on any atom is 0.264 e. The molecule has 7 heteroatoms. The molecule has 5 nitrogen and oxygen atoms in total. The van der Waals surface area contributed by atoms with E-state index in [0.29, 0.717) is 18.0 Å². The number of aromatic nitrogens is 2. The predicted octanol–water partition coefficient (Wildman–Crippen LogP) is 2.02. The Morgan fingerprint density at radius 2 is 2.06 bits per heavy atom. The minimum atomic E-state index is -3.74. The minimum absolute atomic E-state index is 0.0702. The minimum Gasteiger partial charge on any atom is -0.385 e. The number of methoxy groups -OCH3 is 1. The molecule has 0 radical (unpaired) electrons. The Labute approximate surface area is 106 Å². The molecule has 1 heterocycles. The van der Waals surface area contributed by atoms with Gasteiger partial charge in [0.2, 0.25) is 0 Å². The van der Waals surface area contributed by atoms with Gasteiger partial charge < -0.3 is 4.74 Å². The smallest absolute Gasteiger partial charge is 0.264 e. The van der Waals surface area contributed by atoms with Crippen molar-refractivity contribution in [1.29, 1.82) is 0 Å². The quantitative estimate of drug-likeness (QED) is 0.774. The Morgan fingerprint density at radius 3 is 2.47 bits per heavy atom. The SMILES string of the molecule is COCCC(C)n1nc(C)c(S(=O)(=O)Cl)c1C. The van der Waals surface area contributed by atoms with Crippen LogP contribution in [0.25, 0.3) is 0 Å². The third kappa shape index (κ3) is 3.20. The third-order valence-electron chi connectivity index (χ3n) is 2.66. The van der Waals surface area contributed by atoms with E-state index in [1.165, 1.54) is 0 Å². The third-order valence-corrected chi connectivity index (χ3v) is 4.20. The lowest BCUT2D eigenvalue weighted by molar-refractivity contribution is 0.178. The van der Waals surface area contributed by atoms with Gasteiger partial charge in [-0.3, -0.25) is 4.68 Å². The summed E-state index contributed by atoms with van der Waals surface area (Å²) in [5.74, 6) is 0. The number of ether oxygens (including phenoxy) is 1. The lowest BCUT2D eigenvalue weighted by Gasteiger charge is -2.13. The largest absolute Gasteiger partial charge is 0.385 e. The molecule has 0 bridgehead atoms. The summed E-state index contributed by atoms with van der Waals surface area (Å²) in [6, 6.07) is 0.0702. The van der Waals surface area contributed by atoms with E-state index in [-0.39, 0.29) is 10.9 Å². The van der Waals surface area contributed by atoms with Crippen molar-refractivity contribution in [3.63, 3.8) is 0 Å². The summed E-state index contributed by atoms with van der Waals surface area (Å²) < 4.78 is 29.5. The molecule has 1 unspecified atom stereocenters. The van der Waals surface area contributed by atoms with Crippen molar-refractivity contribution in [2.75, 3.05) is 13.7 Å². The number of halogens is 1. The summed E-state index contributed by atoms with van der Waals surface area (Å²) in [6.07, 6.45) is 0.764. The zero-order valence-corrected chi connectivity index (χ0v) is 12.0. The molecule has 0 amide bonds. The van der Waals surface area contributed by atoms with Gasteiger partial charge in [-0.25, -0.2) is 8.42 Å². The molecule has 1 aromatic rings. The summed E-state index contributed by atoms with van der Waals surface area (Å²) in [7, 11) is 3.27. The normalized spacial score (nSPS) is 13.9. The maximum atomic E-state index is 11.4. The lowest BCUT2D eigenvalue weighted by Crippen LogP contribution is -2.11. The van der Waals surface area contributed by atoms with E-state index in [0.717, 1.165) is 6.42 Å². The number of hydrogen-bond donors (Lipinski definition) is 0. The Morgan fingerprint density at radius 1 is 1.47 bits per heavy atom. The molecular weight excluding hydrogens is 264 g/mol. The van der Waals surface area contributed by atoms with Crippen LogP contribution in [-0.2, 0) is 13.8 Å². The van der Waals surface area contributed by atoms with E-state index in [1.807, 2.05) is 6.92 Å². The van der Waals surface area contributed by atoms with Gasteiger partial charge in [-0.15, -0.1) is 0 Å². The summed E-state index contributed by atoms with van der Waals surface area (Å²) in [4.78, 5) is 0.114. The van der Waals surface area contributed by atoms with Crippen LogP contribution in [0.2, 0.25) is 0 Å². The van der Waals surface area contributed by atoms with Gasteiger partial charge in [-0.1, -0.05) is 0 Å². The van der Waals surface area contributed by atoms with Gasteiger partial charge in [0, 0.05) is 24.4 Å². The zero-order valence-electron chi connectivity index (χ0n) is 10.4. The van der Waals surface area contributed by atoms with Gasteiger partial charge >= 0.3 is 0 Å². The maximum absolute atomic E-state index is 11.4. The second-order valence-corrected chi connectivity index (χ2v) is 6.52. The van der Waals surface area contributed by atoms with Crippen molar-refractivity contribution in [3.05, 3.63) is 11.4 Å². The molecule has 0 aliphatic carbocycles. The predicted molar refractivity (Wildman–Crippen MR) is 65.9 cm³/mol. The second-order valence-electron chi connectivity index (χ2n) is 4.01. The van der Waals surface area contributed by atoms with Crippen LogP contribution < -0.4 is 0 Å². The Kier molecular flexibility index (Phi) is 4.57. The Balaban J connectivity index is 3.13. The molecule has 1 rings (SSSR count). The molecule has 0 saturated carbocycles. The standard InChI is InChI=1S/C10H17ClN2O3S/c1-7(5-6-16-4)13-9(3)10(8(2)12-13)17(11,14)15/h7H,5-6H2,1-4H3. The fourth-order valence-electron chi connectivity index (χ4n) is 1.84. The van der Waals surface area contributed by atoms with Crippen molar-refractivity contribution in [1.82, 2.24) is 9.78 Å². The highest BCUT2D eigenvalue weighted by atomic mass is 35.7. The molecule has 1 atom stereocenters. The van der Waals surface area contributed by atoms with Crippen LogP contribution in [-0.4, -0.2) is 31.9 Å². The van der Waals surface area contributed by atoms with Gasteiger partial charge in [0.15, 0.2) is 0 Å². The fourth-order valence-corrected chi connectivity index (χ4v) is 3.35. The van der Waals surface area contributed by atoms with Gasteiger partial charge in [0.1, 0.15) is 4.90 Å². The molecule has 1 aromatic heterocycles. The van der Waals surface area contributed by atoms with E-state index in [4.69, 9.17) is 15.4 Å². The van der Waals surface area contributed by atoms with Crippen LogP contribution >= 0.6 is 10.7 Å². The summed E-state index contributed by atoms with van der Waals surface area (Å²) in [5.41, 5.74) is 1.00. The van der Waals surface area contributed by atoms with Gasteiger partial charge in [-0.05, 0) is 27.2 Å². The van der Waals surface area contributed by atoms with Crippen molar-refractivity contribution in [3.8, 4) is 0 Å². The number of hydrogen-bond acceptors (Lipinski definition) is 4. The highest BCUT2D eigenvalue weighted by molar-refractivity contribution is 8.13. The van der Waals surface area contributed by atoms with E-state index in [9.17, 15) is 8.42 Å². The first-order chi connectivity index (χ1) is 7.79. The average molecular weight is 281 g/mol. The van der Waals surface area contributed by atoms with Crippen LogP contribution in [0.15, 0.2) is 4.90 Å². The molecular formula is C10H17ClN2O3S. The monoisotopic (exact) mass is 280 g/mol. The summed E-state index contributed by atoms with van der Waals surface area (Å²) >= 11 is 0. The van der Waals surface area contributed by atoms with E-state index in [2.05, 4.69) is 5.10 Å². The number of nitrogens with zero attached hydrogens (tertiary/aromatic N) is 2. The van der Waals surface area contributed by atoms with Crippen molar-refractivity contribution in [2.45, 2.75) is 38.1 Å². The van der Waals surface area contributed by atoms with Crippen LogP contribution in [0.4, 0.5) is 0 Å². The van der Waals surface area contributed by atoms with Crippen LogP contribution in [0.1, 0.15) is 30.8 Å². The molecule has 98 valence electrons. The van der Waals surface area contributed by atoms with Crippen molar-refractivity contribution in [2.24, 2.45) is 0 Å². The lowest BCUT2D eigenvalue weighted by atomic mass is 10.2. The molecule has 0 N–H and O–H groups in total. The highest BCUT2D eigenvalue weighted by Crippen LogP contribution is 2.26. The molecule has 0 spiro atoms. The summed E-state index contributed by atoms with van der Waals surface area (Å²) in [5, 5.41) is 4.23. The van der Waals surface area contributed by atoms with E-state index >= 15 is 0 Å². The molecule has 17 heavy (non-hydrogen) atoms. The van der Waals surface area contributed by atoms with Crippen molar-refractivity contribution >= 4 is 19.7 Å². The fraction of sp³-hybridized carbons (Fsp3) is 0.700. The first-order valence-corrected chi connectivity index (χ1v) is 7.59. The van der Waals surface area contributed by atoms with Crippen LogP contribution in [0.3, 0.4) is 0 Å². The van der Waals surface area contributed by atoms with Gasteiger partial charge in [0.05, 0.1) is 17.4 Å². The van der Waals surface area contributed by atoms with Gasteiger partial charge in [0.25, 0.3) is 9.05 Å². The molecule has 0 aromatic carbocycles. The second kappa shape index (κ2) is 5.37. The first kappa shape index (κ1) is 14.5. The Hall–Kier alpha value is -0.590. The highest BCUT2D eigenvalue weighted by Gasteiger charge is 2.24. The first-order valence-electron chi connectivity index (χ1n) is 5.28.